The summed E-state index contributed by atoms with van der Waals surface area (Å²) in [4.78, 5) is 20.1. The molecule has 2 aromatic rings. The Labute approximate surface area is 194 Å². The zero-order valence-electron chi connectivity index (χ0n) is 19.5. The van der Waals surface area contributed by atoms with E-state index in [1.807, 2.05) is 48.5 Å². The van der Waals surface area contributed by atoms with Gasteiger partial charge < -0.3 is 9.47 Å². The van der Waals surface area contributed by atoms with Crippen LogP contribution in [0.5, 0.6) is 5.75 Å². The van der Waals surface area contributed by atoms with E-state index in [0.29, 0.717) is 17.9 Å². The molecule has 0 aromatic heterocycles. The molecule has 1 saturated heterocycles. The number of rotatable bonds is 7. The van der Waals surface area contributed by atoms with Gasteiger partial charge in [-0.15, -0.1) is 0 Å². The molecule has 2 aromatic carbocycles. The van der Waals surface area contributed by atoms with Gasteiger partial charge in [0.1, 0.15) is 12.4 Å². The van der Waals surface area contributed by atoms with Crippen LogP contribution in [0.3, 0.4) is 0 Å². The van der Waals surface area contributed by atoms with Crippen molar-refractivity contribution in [3.63, 3.8) is 0 Å². The molecule has 1 amide bonds. The lowest BCUT2D eigenvalue weighted by Crippen LogP contribution is -2.38. The number of aliphatic imine (C=N–C) groups is 1. The first-order valence-corrected chi connectivity index (χ1v) is 11.4. The van der Waals surface area contributed by atoms with Gasteiger partial charge in [0.25, 0.3) is 5.91 Å². The molecule has 0 spiro atoms. The molecule has 4 rings (SSSR count). The average molecular weight is 450 g/mol. The second-order valence-electron chi connectivity index (χ2n) is 8.44. The molecule has 174 valence electrons. The third-order valence-electron chi connectivity index (χ3n) is 5.98. The van der Waals surface area contributed by atoms with Crippen molar-refractivity contribution in [2.45, 2.75) is 19.9 Å². The van der Waals surface area contributed by atoms with E-state index in [9.17, 15) is 10.0 Å². The molecule has 0 radical (unpaired) electrons. The van der Waals surface area contributed by atoms with Crippen LogP contribution in [0.2, 0.25) is 0 Å². The van der Waals surface area contributed by atoms with E-state index in [1.54, 1.807) is 20.9 Å². The van der Waals surface area contributed by atoms with Crippen LogP contribution < -0.4 is 4.74 Å². The Hall–Kier alpha value is -3.00. The fourth-order valence-electron chi connectivity index (χ4n) is 4.23. The number of carbonyl (C=O) groups is 1. The summed E-state index contributed by atoms with van der Waals surface area (Å²) in [5.74, 6) is 0.268. The van der Waals surface area contributed by atoms with Crippen LogP contribution in [0.1, 0.15) is 30.5 Å². The van der Waals surface area contributed by atoms with Crippen LogP contribution in [0, 0.1) is 0 Å². The zero-order valence-corrected chi connectivity index (χ0v) is 19.5. The summed E-state index contributed by atoms with van der Waals surface area (Å²) in [7, 11) is 1.67. The van der Waals surface area contributed by atoms with Crippen LogP contribution in [-0.4, -0.2) is 79.3 Å². The third-order valence-corrected chi connectivity index (χ3v) is 5.98. The molecule has 1 fully saturated rings. The molecule has 33 heavy (non-hydrogen) atoms. The average Bonchev–Trinajstić information content (AvgIpc) is 3.17. The van der Waals surface area contributed by atoms with Crippen LogP contribution >= 0.6 is 0 Å². The van der Waals surface area contributed by atoms with E-state index in [-0.39, 0.29) is 6.04 Å². The Morgan fingerprint density at radius 1 is 1.15 bits per heavy atom. The molecule has 1 N–H and O–H groups in total. The highest BCUT2D eigenvalue weighted by Crippen LogP contribution is 2.40. The van der Waals surface area contributed by atoms with Crippen LogP contribution in [-0.2, 0) is 9.53 Å². The largest absolute Gasteiger partial charge is 0.492 e. The number of amides is 1. The maximum atomic E-state index is 13.3. The van der Waals surface area contributed by atoms with Gasteiger partial charge in [-0.2, -0.15) is 0 Å². The number of nitrogens with zero attached hydrogens (tertiary/aromatic N) is 3. The molecule has 0 atom stereocenters. The summed E-state index contributed by atoms with van der Waals surface area (Å²) in [6, 6.07) is 15.2. The van der Waals surface area contributed by atoms with Crippen molar-refractivity contribution in [2.75, 3.05) is 46.5 Å². The van der Waals surface area contributed by atoms with E-state index < -0.39 is 5.91 Å². The number of carbonyl (C=O) groups excluding carboxylic acids is 1. The van der Waals surface area contributed by atoms with Crippen molar-refractivity contribution in [3.05, 3.63) is 70.8 Å². The molecule has 1 aliphatic carbocycles. The quantitative estimate of drug-likeness (QED) is 0.519. The highest BCUT2D eigenvalue weighted by atomic mass is 16.5. The van der Waals surface area contributed by atoms with Gasteiger partial charge in [0.15, 0.2) is 0 Å². The second-order valence-corrected chi connectivity index (χ2v) is 8.44. The summed E-state index contributed by atoms with van der Waals surface area (Å²) in [6.45, 7) is 8.31. The number of hydrogen-bond acceptors (Lipinski definition) is 6. The topological polar surface area (TPSA) is 74.6 Å². The third kappa shape index (κ3) is 4.85. The summed E-state index contributed by atoms with van der Waals surface area (Å²) >= 11 is 0. The van der Waals surface area contributed by atoms with Crippen molar-refractivity contribution in [1.82, 2.24) is 9.96 Å². The molecule has 7 heteroatoms. The standard InChI is InChI=1S/C26H31N3O4/c1-18(2)29(31)26(30)24-23(19-7-5-4-6-8-19)21-10-9-20(17-22(21)25(24)27-3)33-16-13-28-11-14-32-15-12-28/h4-10,17-18,31H,11-16H2,1-3H3. The molecule has 0 bridgehead atoms. The Bertz CT molecular complexity index is 1060. The minimum Gasteiger partial charge on any atom is -0.492 e. The Balaban J connectivity index is 1.66. The first kappa shape index (κ1) is 23.2. The maximum Gasteiger partial charge on any atom is 0.280 e. The van der Waals surface area contributed by atoms with E-state index in [1.165, 1.54) is 0 Å². The predicted molar refractivity (Wildman–Crippen MR) is 128 cm³/mol. The summed E-state index contributed by atoms with van der Waals surface area (Å²) in [6.07, 6.45) is 0. The van der Waals surface area contributed by atoms with Crippen LogP contribution in [0.15, 0.2) is 59.1 Å². The number of hydroxylamine groups is 2. The fraction of sp³-hybridized carbons (Fsp3) is 0.385. The molecule has 0 saturated carbocycles. The van der Waals surface area contributed by atoms with Crippen molar-refractivity contribution in [1.29, 1.82) is 0 Å². The monoisotopic (exact) mass is 449 g/mol. The van der Waals surface area contributed by atoms with Gasteiger partial charge in [-0.25, -0.2) is 5.06 Å². The zero-order chi connectivity index (χ0) is 23.4. The van der Waals surface area contributed by atoms with Gasteiger partial charge in [0.2, 0.25) is 0 Å². The molecular weight excluding hydrogens is 418 g/mol. The lowest BCUT2D eigenvalue weighted by molar-refractivity contribution is -0.167. The molecule has 2 aliphatic rings. The Kier molecular flexibility index (Phi) is 7.23. The number of morpholine rings is 1. The van der Waals surface area contributed by atoms with Crippen molar-refractivity contribution in [3.8, 4) is 5.75 Å². The van der Waals surface area contributed by atoms with Crippen molar-refractivity contribution < 1.29 is 19.5 Å². The predicted octanol–water partition coefficient (Wildman–Crippen LogP) is 3.26. The fourth-order valence-corrected chi connectivity index (χ4v) is 4.23. The number of ether oxygens (including phenoxy) is 2. The van der Waals surface area contributed by atoms with Crippen LogP contribution in [0.4, 0.5) is 0 Å². The van der Waals surface area contributed by atoms with Crippen molar-refractivity contribution >= 4 is 17.2 Å². The van der Waals surface area contributed by atoms with Gasteiger partial charge >= 0.3 is 0 Å². The smallest absolute Gasteiger partial charge is 0.280 e. The van der Waals surface area contributed by atoms with Crippen LogP contribution in [0.25, 0.3) is 5.57 Å². The summed E-state index contributed by atoms with van der Waals surface area (Å²) in [5, 5.41) is 11.2. The van der Waals surface area contributed by atoms with E-state index in [0.717, 1.165) is 65.9 Å². The highest BCUT2D eigenvalue weighted by molar-refractivity contribution is 6.37. The SMILES string of the molecule is CN=C1C(C(=O)N(O)C(C)C)=C(c2ccccc2)c2ccc(OCCN3CCOCC3)cc21. The van der Waals surface area contributed by atoms with Gasteiger partial charge in [0.05, 0.1) is 30.5 Å². The molecular formula is C26H31N3O4. The summed E-state index contributed by atoms with van der Waals surface area (Å²) in [5.41, 5.74) is 4.38. The van der Waals surface area contributed by atoms with E-state index >= 15 is 0 Å². The Morgan fingerprint density at radius 2 is 1.88 bits per heavy atom. The van der Waals surface area contributed by atoms with Gasteiger partial charge in [-0.3, -0.25) is 19.9 Å². The first-order valence-electron chi connectivity index (χ1n) is 11.4. The molecule has 0 unspecified atom stereocenters. The number of fused-ring (bicyclic) bond motifs is 1. The highest BCUT2D eigenvalue weighted by Gasteiger charge is 2.35. The Morgan fingerprint density at radius 3 is 2.55 bits per heavy atom. The van der Waals surface area contributed by atoms with E-state index in [4.69, 9.17) is 9.47 Å². The normalized spacial score (nSPS) is 17.5. The molecule has 7 nitrogen and oxygen atoms in total. The summed E-state index contributed by atoms with van der Waals surface area (Å²) < 4.78 is 11.4. The van der Waals surface area contributed by atoms with Crippen molar-refractivity contribution in [2.24, 2.45) is 4.99 Å². The van der Waals surface area contributed by atoms with E-state index in [2.05, 4.69) is 9.89 Å². The molecule has 1 aliphatic heterocycles. The number of benzene rings is 2. The lowest BCUT2D eigenvalue weighted by atomic mass is 9.97. The first-order chi connectivity index (χ1) is 16.0. The minimum absolute atomic E-state index is 0.358. The second kappa shape index (κ2) is 10.3. The van der Waals surface area contributed by atoms with Gasteiger partial charge in [-0.1, -0.05) is 30.3 Å². The lowest BCUT2D eigenvalue weighted by Gasteiger charge is -2.26. The number of hydrogen-bond donors (Lipinski definition) is 1. The maximum absolute atomic E-state index is 13.3. The van der Waals surface area contributed by atoms with Gasteiger partial charge in [0, 0.05) is 37.8 Å². The minimum atomic E-state index is -0.463. The molecule has 1 heterocycles. The van der Waals surface area contributed by atoms with Gasteiger partial charge in [-0.05, 0) is 43.2 Å².